The zero-order valence-corrected chi connectivity index (χ0v) is 11.1. The molecule has 1 aromatic carbocycles. The fraction of sp³-hybridized carbons (Fsp3) is 0.500. The maximum atomic E-state index is 9.46. The van der Waals surface area contributed by atoms with Crippen LogP contribution in [0.15, 0.2) is 12.1 Å². The van der Waals surface area contributed by atoms with Crippen molar-refractivity contribution in [3.05, 3.63) is 27.7 Å². The molecule has 0 amide bonds. The average molecular weight is 276 g/mol. The van der Waals surface area contributed by atoms with Crippen LogP contribution in [0.25, 0.3) is 0 Å². The Kier molecular flexibility index (Phi) is 4.15. The Balaban J connectivity index is 2.13. The van der Waals surface area contributed by atoms with E-state index in [9.17, 15) is 5.11 Å². The Labute approximate surface area is 111 Å². The summed E-state index contributed by atoms with van der Waals surface area (Å²) in [5.41, 5.74) is 0.964. The maximum Gasteiger partial charge on any atom is 0.138 e. The van der Waals surface area contributed by atoms with Crippen LogP contribution >= 0.6 is 23.2 Å². The Morgan fingerprint density at radius 3 is 2.76 bits per heavy atom. The molecule has 0 unspecified atom stereocenters. The van der Waals surface area contributed by atoms with Gasteiger partial charge >= 0.3 is 0 Å². The highest BCUT2D eigenvalue weighted by molar-refractivity contribution is 6.34. The van der Waals surface area contributed by atoms with Gasteiger partial charge in [-0.3, -0.25) is 4.90 Å². The molecule has 3 nitrogen and oxygen atoms in total. The lowest BCUT2D eigenvalue weighted by molar-refractivity contribution is 0.175. The second-order valence-corrected chi connectivity index (χ2v) is 5.07. The van der Waals surface area contributed by atoms with Gasteiger partial charge < -0.3 is 9.84 Å². The summed E-state index contributed by atoms with van der Waals surface area (Å²) < 4.78 is 5.10. The van der Waals surface area contributed by atoms with E-state index in [0.29, 0.717) is 28.9 Å². The molecule has 0 aliphatic carbocycles. The standard InChI is InChI=1S/C12H15Cl2NO2/c1-17-12-5-10(13)8(4-11(12)14)6-15-3-2-9(16)7-15/h4-5,9,16H,2-3,6-7H2,1H3/t9-/m1/s1. The molecule has 1 heterocycles. The van der Waals surface area contributed by atoms with E-state index in [1.165, 1.54) is 0 Å². The third-order valence-electron chi connectivity index (χ3n) is 2.96. The number of β-amino-alcohol motifs (C(OH)–C–C–N with tert-alkyl or cyclic N) is 1. The third kappa shape index (κ3) is 3.05. The zero-order valence-electron chi connectivity index (χ0n) is 9.62. The van der Waals surface area contributed by atoms with Gasteiger partial charge in [-0.25, -0.2) is 0 Å². The van der Waals surface area contributed by atoms with Gasteiger partial charge in [-0.1, -0.05) is 23.2 Å². The Morgan fingerprint density at radius 2 is 2.18 bits per heavy atom. The molecule has 0 bridgehead atoms. The van der Waals surface area contributed by atoms with Crippen LogP contribution in [0.2, 0.25) is 10.0 Å². The van der Waals surface area contributed by atoms with Gasteiger partial charge in [0.2, 0.25) is 0 Å². The van der Waals surface area contributed by atoms with Crippen LogP contribution in [0.5, 0.6) is 5.75 Å². The molecule has 1 saturated heterocycles. The van der Waals surface area contributed by atoms with E-state index >= 15 is 0 Å². The molecule has 0 aromatic heterocycles. The molecule has 94 valence electrons. The zero-order chi connectivity index (χ0) is 12.4. The van der Waals surface area contributed by atoms with Crippen molar-refractivity contribution in [3.8, 4) is 5.75 Å². The van der Waals surface area contributed by atoms with Gasteiger partial charge in [-0.15, -0.1) is 0 Å². The van der Waals surface area contributed by atoms with Gasteiger partial charge in [0.15, 0.2) is 0 Å². The van der Waals surface area contributed by atoms with Crippen molar-refractivity contribution in [1.82, 2.24) is 4.90 Å². The van der Waals surface area contributed by atoms with Crippen molar-refractivity contribution < 1.29 is 9.84 Å². The van der Waals surface area contributed by atoms with Crippen LogP contribution < -0.4 is 4.74 Å². The summed E-state index contributed by atoms with van der Waals surface area (Å²) in [6.45, 7) is 2.29. The minimum atomic E-state index is -0.220. The Morgan fingerprint density at radius 1 is 1.41 bits per heavy atom. The number of halogens is 2. The molecule has 17 heavy (non-hydrogen) atoms. The minimum Gasteiger partial charge on any atom is -0.495 e. The quantitative estimate of drug-likeness (QED) is 0.921. The maximum absolute atomic E-state index is 9.46. The van der Waals surface area contributed by atoms with Crippen LogP contribution in [0, 0.1) is 0 Å². The van der Waals surface area contributed by atoms with Crippen LogP contribution in [-0.4, -0.2) is 36.3 Å². The van der Waals surface area contributed by atoms with Gasteiger partial charge in [-0.05, 0) is 18.1 Å². The Hall–Kier alpha value is -0.480. The first kappa shape index (κ1) is 13.0. The number of aliphatic hydroxyl groups is 1. The van der Waals surface area contributed by atoms with Crippen LogP contribution in [0.1, 0.15) is 12.0 Å². The third-order valence-corrected chi connectivity index (χ3v) is 3.61. The molecular weight excluding hydrogens is 261 g/mol. The first-order valence-electron chi connectivity index (χ1n) is 5.52. The number of aliphatic hydroxyl groups excluding tert-OH is 1. The van der Waals surface area contributed by atoms with E-state index in [0.717, 1.165) is 18.5 Å². The van der Waals surface area contributed by atoms with Crippen molar-refractivity contribution in [3.63, 3.8) is 0 Å². The second kappa shape index (κ2) is 5.44. The highest BCUT2D eigenvalue weighted by atomic mass is 35.5. The number of hydrogen-bond acceptors (Lipinski definition) is 3. The number of rotatable bonds is 3. The van der Waals surface area contributed by atoms with Gasteiger partial charge in [-0.2, -0.15) is 0 Å². The lowest BCUT2D eigenvalue weighted by Gasteiger charge is -2.16. The smallest absolute Gasteiger partial charge is 0.138 e. The van der Waals surface area contributed by atoms with Crippen LogP contribution in [-0.2, 0) is 6.54 Å². The molecule has 1 fully saturated rings. The van der Waals surface area contributed by atoms with Gasteiger partial charge in [0.25, 0.3) is 0 Å². The van der Waals surface area contributed by atoms with E-state index in [-0.39, 0.29) is 6.10 Å². The number of nitrogens with zero attached hydrogens (tertiary/aromatic N) is 1. The molecule has 5 heteroatoms. The number of benzene rings is 1. The van der Waals surface area contributed by atoms with Gasteiger partial charge in [0.1, 0.15) is 5.75 Å². The topological polar surface area (TPSA) is 32.7 Å². The lowest BCUT2D eigenvalue weighted by Crippen LogP contribution is -2.21. The molecule has 1 aliphatic heterocycles. The molecule has 1 N–H and O–H groups in total. The first-order chi connectivity index (χ1) is 8.10. The summed E-state index contributed by atoms with van der Waals surface area (Å²) >= 11 is 12.2. The first-order valence-corrected chi connectivity index (χ1v) is 6.28. The van der Waals surface area contributed by atoms with Crippen molar-refractivity contribution in [2.75, 3.05) is 20.2 Å². The molecular formula is C12H15Cl2NO2. The average Bonchev–Trinajstić information content (AvgIpc) is 2.69. The second-order valence-electron chi connectivity index (χ2n) is 4.26. The highest BCUT2D eigenvalue weighted by Gasteiger charge is 2.21. The summed E-state index contributed by atoms with van der Waals surface area (Å²) in [6.07, 6.45) is 0.601. The van der Waals surface area contributed by atoms with E-state index in [4.69, 9.17) is 27.9 Å². The summed E-state index contributed by atoms with van der Waals surface area (Å²) in [4.78, 5) is 2.16. The normalized spacial score (nSPS) is 20.8. The van der Waals surface area contributed by atoms with Crippen molar-refractivity contribution in [2.45, 2.75) is 19.1 Å². The van der Waals surface area contributed by atoms with Crippen LogP contribution in [0.4, 0.5) is 0 Å². The minimum absolute atomic E-state index is 0.220. The largest absolute Gasteiger partial charge is 0.495 e. The van der Waals surface area contributed by atoms with E-state index in [1.54, 1.807) is 13.2 Å². The fourth-order valence-corrected chi connectivity index (χ4v) is 2.52. The SMILES string of the molecule is COc1cc(Cl)c(CN2CC[C@@H](O)C2)cc1Cl. The number of hydrogen-bond donors (Lipinski definition) is 1. The highest BCUT2D eigenvalue weighted by Crippen LogP contribution is 2.32. The molecule has 2 rings (SSSR count). The van der Waals surface area contributed by atoms with Crippen LogP contribution in [0.3, 0.4) is 0 Å². The van der Waals surface area contributed by atoms with Gasteiger partial charge in [0, 0.05) is 30.7 Å². The Bertz CT molecular complexity index is 412. The van der Waals surface area contributed by atoms with Crippen molar-refractivity contribution in [2.24, 2.45) is 0 Å². The van der Waals surface area contributed by atoms with Gasteiger partial charge in [0.05, 0.1) is 18.2 Å². The number of likely N-dealkylation sites (tertiary alicyclic amines) is 1. The molecule has 1 aromatic rings. The monoisotopic (exact) mass is 275 g/mol. The number of ether oxygens (including phenoxy) is 1. The molecule has 0 saturated carbocycles. The summed E-state index contributed by atoms with van der Waals surface area (Å²) in [6, 6.07) is 3.55. The summed E-state index contributed by atoms with van der Waals surface area (Å²) in [5.74, 6) is 0.585. The molecule has 1 atom stereocenters. The summed E-state index contributed by atoms with van der Waals surface area (Å²) in [7, 11) is 1.56. The summed E-state index contributed by atoms with van der Waals surface area (Å²) in [5, 5.41) is 10.7. The fourth-order valence-electron chi connectivity index (χ4n) is 2.04. The molecule has 0 radical (unpaired) electrons. The van der Waals surface area contributed by atoms with Crippen molar-refractivity contribution in [1.29, 1.82) is 0 Å². The molecule has 1 aliphatic rings. The molecule has 0 spiro atoms. The van der Waals surface area contributed by atoms with E-state index in [2.05, 4.69) is 4.90 Å². The lowest BCUT2D eigenvalue weighted by atomic mass is 10.2. The van der Waals surface area contributed by atoms with Crippen molar-refractivity contribution >= 4 is 23.2 Å². The van der Waals surface area contributed by atoms with E-state index < -0.39 is 0 Å². The van der Waals surface area contributed by atoms with E-state index in [1.807, 2.05) is 6.07 Å². The number of methoxy groups -OCH3 is 1. The predicted molar refractivity (Wildman–Crippen MR) is 68.9 cm³/mol. The predicted octanol–water partition coefficient (Wildman–Crippen LogP) is 2.57.